The Balaban J connectivity index is 1.44. The number of aromatic nitrogens is 1. The van der Waals surface area contributed by atoms with Crippen molar-refractivity contribution < 1.29 is 9.32 Å². The molecule has 2 bridgehead atoms. The molecule has 0 aliphatic heterocycles. The van der Waals surface area contributed by atoms with Crippen LogP contribution < -0.4 is 5.32 Å². The number of nitrogens with zero attached hydrogens (tertiary/aromatic N) is 1. The number of rotatable bonds is 3. The summed E-state index contributed by atoms with van der Waals surface area (Å²) in [5, 5.41) is 6.88. The van der Waals surface area contributed by atoms with E-state index in [1.807, 2.05) is 0 Å². The van der Waals surface area contributed by atoms with Gasteiger partial charge in [0.25, 0.3) is 5.91 Å². The Morgan fingerprint density at radius 2 is 1.69 bits per heavy atom. The van der Waals surface area contributed by atoms with Crippen LogP contribution in [0.1, 0.15) is 56.8 Å². The summed E-state index contributed by atoms with van der Waals surface area (Å²) >= 11 is 0. The van der Waals surface area contributed by atoms with Gasteiger partial charge in [0.15, 0.2) is 5.69 Å². The Morgan fingerprint density at radius 3 is 2.27 bits per heavy atom. The third kappa shape index (κ3) is 2.29. The third-order valence-corrected chi connectivity index (χ3v) is 5.81. The quantitative estimate of drug-likeness (QED) is 0.781. The summed E-state index contributed by atoms with van der Waals surface area (Å²) in [7, 11) is 0. The highest BCUT2D eigenvalue weighted by Crippen LogP contribution is 2.55. The van der Waals surface area contributed by atoms with Gasteiger partial charge in [0, 0.05) is 24.4 Å². The number of nitrogens with one attached hydrogen (secondary N) is 1. The van der Waals surface area contributed by atoms with E-state index in [4.69, 9.17) is 4.52 Å². The van der Waals surface area contributed by atoms with Crippen molar-refractivity contribution in [1.82, 2.24) is 10.5 Å². The standard InChI is InChI=1S/C22H20N2O2/c1-13-10-20(24-26-13)22(25)23-12-14-11-19-15-6-2-4-8-17(15)21(14)18-9-5-3-7-16(18)19/h2-10,14,19,21H,11-12H2,1H3,(H,23,25). The van der Waals surface area contributed by atoms with Gasteiger partial charge >= 0.3 is 0 Å². The minimum Gasteiger partial charge on any atom is -0.361 e. The number of amides is 1. The Kier molecular flexibility index (Phi) is 3.45. The number of fused-ring (bicyclic) bond motifs is 1. The Morgan fingerprint density at radius 1 is 1.08 bits per heavy atom. The zero-order valence-corrected chi connectivity index (χ0v) is 14.6. The summed E-state index contributed by atoms with van der Waals surface area (Å²) in [6, 6.07) is 19.2. The van der Waals surface area contributed by atoms with Gasteiger partial charge in [-0.25, -0.2) is 0 Å². The fourth-order valence-electron chi connectivity index (χ4n) is 4.75. The van der Waals surface area contributed by atoms with Gasteiger partial charge in [-0.05, 0) is 41.5 Å². The molecule has 0 spiro atoms. The average molecular weight is 344 g/mol. The van der Waals surface area contributed by atoms with Crippen molar-refractivity contribution in [1.29, 1.82) is 0 Å². The molecule has 0 saturated heterocycles. The minimum atomic E-state index is -0.162. The van der Waals surface area contributed by atoms with Crippen LogP contribution >= 0.6 is 0 Å². The van der Waals surface area contributed by atoms with E-state index in [0.29, 0.717) is 35.8 Å². The second-order valence-corrected chi connectivity index (χ2v) is 7.32. The number of carbonyl (C=O) groups is 1. The van der Waals surface area contributed by atoms with Crippen LogP contribution in [0.3, 0.4) is 0 Å². The number of benzene rings is 2. The molecule has 1 heterocycles. The van der Waals surface area contributed by atoms with Crippen molar-refractivity contribution in [2.24, 2.45) is 5.92 Å². The molecule has 1 unspecified atom stereocenters. The van der Waals surface area contributed by atoms with Crippen molar-refractivity contribution in [3.05, 3.63) is 88.3 Å². The molecule has 26 heavy (non-hydrogen) atoms. The molecule has 1 aromatic heterocycles. The second-order valence-electron chi connectivity index (χ2n) is 7.32. The summed E-state index contributed by atoms with van der Waals surface area (Å²) in [5.41, 5.74) is 6.08. The maximum Gasteiger partial charge on any atom is 0.273 e. The zero-order valence-electron chi connectivity index (χ0n) is 14.6. The summed E-state index contributed by atoms with van der Waals surface area (Å²) in [6.45, 7) is 2.44. The van der Waals surface area contributed by atoms with E-state index in [-0.39, 0.29) is 5.91 Å². The SMILES string of the molecule is Cc1cc(C(=O)NCC2CC3c4ccccc4C2c2ccccc23)no1. The van der Waals surface area contributed by atoms with Gasteiger partial charge in [-0.1, -0.05) is 53.7 Å². The molecule has 0 fully saturated rings. The molecule has 0 saturated carbocycles. The van der Waals surface area contributed by atoms with Crippen molar-refractivity contribution in [2.75, 3.05) is 6.54 Å². The first-order valence-corrected chi connectivity index (χ1v) is 9.11. The molecule has 6 rings (SSSR count). The normalized spacial score (nSPS) is 22.6. The van der Waals surface area contributed by atoms with E-state index in [1.54, 1.807) is 13.0 Å². The van der Waals surface area contributed by atoms with Crippen LogP contribution in [0.5, 0.6) is 0 Å². The third-order valence-electron chi connectivity index (χ3n) is 5.81. The van der Waals surface area contributed by atoms with Gasteiger partial charge in [-0.15, -0.1) is 0 Å². The van der Waals surface area contributed by atoms with Gasteiger partial charge in [-0.3, -0.25) is 4.79 Å². The zero-order chi connectivity index (χ0) is 17.7. The summed E-state index contributed by atoms with van der Waals surface area (Å²) in [4.78, 5) is 12.4. The van der Waals surface area contributed by atoms with E-state index in [1.165, 1.54) is 22.3 Å². The first-order chi connectivity index (χ1) is 12.7. The lowest BCUT2D eigenvalue weighted by atomic mass is 9.59. The highest BCUT2D eigenvalue weighted by molar-refractivity contribution is 5.92. The van der Waals surface area contributed by atoms with Gasteiger partial charge in [0.05, 0.1) is 0 Å². The lowest BCUT2D eigenvalue weighted by molar-refractivity contribution is 0.0933. The molecule has 1 N–H and O–H groups in total. The van der Waals surface area contributed by atoms with Crippen LogP contribution in [0.2, 0.25) is 0 Å². The topological polar surface area (TPSA) is 55.1 Å². The predicted octanol–water partition coefficient (Wildman–Crippen LogP) is 4.01. The van der Waals surface area contributed by atoms with Gasteiger partial charge < -0.3 is 9.84 Å². The lowest BCUT2D eigenvalue weighted by Gasteiger charge is -2.45. The molecule has 1 amide bonds. The van der Waals surface area contributed by atoms with Crippen LogP contribution in [0.25, 0.3) is 0 Å². The molecule has 130 valence electrons. The lowest BCUT2D eigenvalue weighted by Crippen LogP contribution is -2.39. The maximum absolute atomic E-state index is 12.4. The monoisotopic (exact) mass is 344 g/mol. The second kappa shape index (κ2) is 5.84. The number of hydrogen-bond acceptors (Lipinski definition) is 3. The predicted molar refractivity (Wildman–Crippen MR) is 98.3 cm³/mol. The molecule has 4 heteroatoms. The number of carbonyl (C=O) groups excluding carboxylic acids is 1. The molecule has 1 atom stereocenters. The van der Waals surface area contributed by atoms with E-state index in [0.717, 1.165) is 6.42 Å². The van der Waals surface area contributed by atoms with Crippen molar-refractivity contribution in [3.63, 3.8) is 0 Å². The van der Waals surface area contributed by atoms with Crippen LogP contribution in [0.15, 0.2) is 59.1 Å². The fourth-order valence-corrected chi connectivity index (χ4v) is 4.75. The highest BCUT2D eigenvalue weighted by Gasteiger charge is 2.42. The van der Waals surface area contributed by atoms with Crippen molar-refractivity contribution in [2.45, 2.75) is 25.2 Å². The molecule has 0 radical (unpaired) electrons. The first-order valence-electron chi connectivity index (χ1n) is 9.11. The highest BCUT2D eigenvalue weighted by atomic mass is 16.5. The number of hydrogen-bond donors (Lipinski definition) is 1. The molecule has 3 aromatic rings. The van der Waals surface area contributed by atoms with Crippen LogP contribution in [-0.2, 0) is 0 Å². The van der Waals surface area contributed by atoms with E-state index < -0.39 is 0 Å². The Labute approximate surface area is 152 Å². The van der Waals surface area contributed by atoms with Crippen LogP contribution in [0, 0.1) is 12.8 Å². The van der Waals surface area contributed by atoms with Crippen molar-refractivity contribution >= 4 is 5.91 Å². The summed E-state index contributed by atoms with van der Waals surface area (Å²) < 4.78 is 5.01. The molecule has 3 aliphatic carbocycles. The van der Waals surface area contributed by atoms with Gasteiger partial charge in [0.1, 0.15) is 5.76 Å². The molecular formula is C22H20N2O2. The Hall–Kier alpha value is -2.88. The van der Waals surface area contributed by atoms with E-state index in [2.05, 4.69) is 59.0 Å². The first kappa shape index (κ1) is 15.4. The average Bonchev–Trinajstić information content (AvgIpc) is 3.13. The van der Waals surface area contributed by atoms with Gasteiger partial charge in [-0.2, -0.15) is 0 Å². The largest absolute Gasteiger partial charge is 0.361 e. The van der Waals surface area contributed by atoms with Crippen molar-refractivity contribution in [3.8, 4) is 0 Å². The van der Waals surface area contributed by atoms with E-state index in [9.17, 15) is 4.79 Å². The Bertz CT molecular complexity index is 944. The molecule has 3 aliphatic rings. The summed E-state index contributed by atoms with van der Waals surface area (Å²) in [5.74, 6) is 1.64. The minimum absolute atomic E-state index is 0.162. The van der Waals surface area contributed by atoms with E-state index >= 15 is 0 Å². The number of aryl methyl sites for hydroxylation is 1. The maximum atomic E-state index is 12.4. The fraction of sp³-hybridized carbons (Fsp3) is 0.273. The molecular weight excluding hydrogens is 324 g/mol. The van der Waals surface area contributed by atoms with Crippen LogP contribution in [0.4, 0.5) is 0 Å². The van der Waals surface area contributed by atoms with Crippen LogP contribution in [-0.4, -0.2) is 17.6 Å². The molecule has 4 nitrogen and oxygen atoms in total. The smallest absolute Gasteiger partial charge is 0.273 e. The summed E-state index contributed by atoms with van der Waals surface area (Å²) in [6.07, 6.45) is 1.07. The molecule has 2 aromatic carbocycles. The van der Waals surface area contributed by atoms with Gasteiger partial charge in [0.2, 0.25) is 0 Å².